The maximum Gasteiger partial charge on any atom is 0.279 e. The maximum atomic E-state index is 12.7. The number of carbonyl (C=O) groups is 1. The molecule has 3 aromatic rings. The fourth-order valence-corrected chi connectivity index (χ4v) is 4.15. The van der Waals surface area contributed by atoms with Gasteiger partial charge in [0.15, 0.2) is 4.80 Å². The number of hydrogen-bond acceptors (Lipinski definition) is 2. The van der Waals surface area contributed by atoms with Crippen LogP contribution in [-0.4, -0.2) is 10.5 Å². The van der Waals surface area contributed by atoms with Crippen LogP contribution in [0.5, 0.6) is 0 Å². The molecule has 0 spiro atoms. The van der Waals surface area contributed by atoms with Gasteiger partial charge in [-0.2, -0.15) is 4.99 Å². The van der Waals surface area contributed by atoms with E-state index in [1.165, 1.54) is 11.3 Å². The van der Waals surface area contributed by atoms with Crippen LogP contribution in [0, 0.1) is 20.8 Å². The summed E-state index contributed by atoms with van der Waals surface area (Å²) in [5, 5.41) is 0.704. The molecule has 0 aliphatic carbocycles. The molecular formula is C20H19ClN2OS. The van der Waals surface area contributed by atoms with E-state index < -0.39 is 0 Å². The van der Waals surface area contributed by atoms with Crippen LogP contribution in [0.4, 0.5) is 0 Å². The van der Waals surface area contributed by atoms with Gasteiger partial charge in [0, 0.05) is 17.1 Å². The van der Waals surface area contributed by atoms with Gasteiger partial charge in [-0.05, 0) is 50.1 Å². The zero-order chi connectivity index (χ0) is 18.1. The number of halogens is 1. The molecule has 1 aromatic heterocycles. The van der Waals surface area contributed by atoms with Crippen LogP contribution in [0.25, 0.3) is 10.2 Å². The Bertz CT molecular complexity index is 1060. The Kier molecular flexibility index (Phi) is 4.93. The van der Waals surface area contributed by atoms with Gasteiger partial charge in [-0.25, -0.2) is 0 Å². The largest absolute Gasteiger partial charge is 0.312 e. The van der Waals surface area contributed by atoms with Crippen molar-refractivity contribution in [1.29, 1.82) is 0 Å². The lowest BCUT2D eigenvalue weighted by Gasteiger charge is -2.06. The molecule has 0 bridgehead atoms. The highest BCUT2D eigenvalue weighted by molar-refractivity contribution is 7.16. The topological polar surface area (TPSA) is 34.4 Å². The molecule has 0 saturated heterocycles. The van der Waals surface area contributed by atoms with Crippen LogP contribution >= 0.6 is 22.9 Å². The monoisotopic (exact) mass is 370 g/mol. The number of carbonyl (C=O) groups excluding carboxylic acids is 1. The lowest BCUT2D eigenvalue weighted by atomic mass is 10.1. The van der Waals surface area contributed by atoms with Crippen molar-refractivity contribution in [3.05, 3.63) is 75.1 Å². The first-order valence-corrected chi connectivity index (χ1v) is 9.17. The Morgan fingerprint density at radius 1 is 1.28 bits per heavy atom. The van der Waals surface area contributed by atoms with Gasteiger partial charge in [0.05, 0.1) is 10.2 Å². The highest BCUT2D eigenvalue weighted by atomic mass is 35.5. The van der Waals surface area contributed by atoms with Crippen molar-refractivity contribution in [2.75, 3.05) is 0 Å². The van der Waals surface area contributed by atoms with Gasteiger partial charge in [-0.15, -0.1) is 6.58 Å². The number of thiazole rings is 1. The third-order valence-electron chi connectivity index (χ3n) is 4.15. The summed E-state index contributed by atoms with van der Waals surface area (Å²) in [7, 11) is 0. The molecule has 0 radical (unpaired) electrons. The number of aryl methyl sites for hydroxylation is 3. The minimum absolute atomic E-state index is 0.231. The van der Waals surface area contributed by atoms with Gasteiger partial charge in [0.1, 0.15) is 0 Å². The molecule has 0 N–H and O–H groups in total. The molecule has 128 valence electrons. The molecule has 3 rings (SSSR count). The first-order valence-electron chi connectivity index (χ1n) is 7.98. The third kappa shape index (κ3) is 3.32. The molecule has 0 atom stereocenters. The summed E-state index contributed by atoms with van der Waals surface area (Å²) in [6.07, 6.45) is 1.80. The smallest absolute Gasteiger partial charge is 0.279 e. The molecule has 2 aromatic carbocycles. The quantitative estimate of drug-likeness (QED) is 0.583. The molecule has 0 fully saturated rings. The van der Waals surface area contributed by atoms with Crippen molar-refractivity contribution >= 4 is 39.1 Å². The molecule has 0 saturated carbocycles. The van der Waals surface area contributed by atoms with E-state index in [1.54, 1.807) is 6.08 Å². The van der Waals surface area contributed by atoms with Crippen LogP contribution < -0.4 is 4.80 Å². The predicted molar refractivity (Wildman–Crippen MR) is 106 cm³/mol. The van der Waals surface area contributed by atoms with Crippen LogP contribution in [-0.2, 0) is 6.54 Å². The Morgan fingerprint density at radius 3 is 2.72 bits per heavy atom. The van der Waals surface area contributed by atoms with E-state index in [9.17, 15) is 4.79 Å². The molecule has 0 aliphatic heterocycles. The van der Waals surface area contributed by atoms with Crippen LogP contribution in [0.2, 0.25) is 5.02 Å². The summed E-state index contributed by atoms with van der Waals surface area (Å²) in [4.78, 5) is 17.8. The number of rotatable bonds is 3. The fraction of sp³-hybridized carbons (Fsp3) is 0.200. The minimum Gasteiger partial charge on any atom is -0.312 e. The number of nitrogens with zero attached hydrogens (tertiary/aromatic N) is 2. The number of amides is 1. The lowest BCUT2D eigenvalue weighted by Crippen LogP contribution is -2.17. The van der Waals surface area contributed by atoms with Crippen molar-refractivity contribution in [3.63, 3.8) is 0 Å². The predicted octanol–water partition coefficient (Wildman–Crippen LogP) is 5.21. The summed E-state index contributed by atoms with van der Waals surface area (Å²) < 4.78 is 3.05. The summed E-state index contributed by atoms with van der Waals surface area (Å²) in [5.74, 6) is -0.231. The summed E-state index contributed by atoms with van der Waals surface area (Å²) in [5.41, 5.74) is 4.68. The van der Waals surface area contributed by atoms with Crippen molar-refractivity contribution in [2.24, 2.45) is 4.99 Å². The lowest BCUT2D eigenvalue weighted by molar-refractivity contribution is 0.0997. The second kappa shape index (κ2) is 6.98. The molecule has 0 aliphatic rings. The molecule has 1 amide bonds. The van der Waals surface area contributed by atoms with Gasteiger partial charge in [0.25, 0.3) is 5.91 Å². The minimum atomic E-state index is -0.231. The first-order chi connectivity index (χ1) is 11.9. The standard InChI is InChI=1S/C20H19ClN2OS/c1-5-10-23-18-14(4)16(21)8-9-17(18)25-20(23)22-19(24)15-7-6-12(2)11-13(15)3/h5-9,11H,1,10H2,2-4H3. The molecule has 0 unspecified atom stereocenters. The van der Waals surface area contributed by atoms with Gasteiger partial charge in [0.2, 0.25) is 0 Å². The molecule has 3 nitrogen and oxygen atoms in total. The van der Waals surface area contributed by atoms with E-state index >= 15 is 0 Å². The third-order valence-corrected chi connectivity index (χ3v) is 5.60. The van der Waals surface area contributed by atoms with E-state index in [4.69, 9.17) is 11.6 Å². The number of fused-ring (bicyclic) bond motifs is 1. The van der Waals surface area contributed by atoms with Crippen molar-refractivity contribution in [3.8, 4) is 0 Å². The van der Waals surface area contributed by atoms with E-state index in [0.717, 1.165) is 26.9 Å². The zero-order valence-corrected chi connectivity index (χ0v) is 16.0. The summed E-state index contributed by atoms with van der Waals surface area (Å²) in [6.45, 7) is 10.3. The summed E-state index contributed by atoms with van der Waals surface area (Å²) >= 11 is 7.76. The van der Waals surface area contributed by atoms with E-state index in [0.29, 0.717) is 21.9 Å². The Morgan fingerprint density at radius 2 is 2.04 bits per heavy atom. The van der Waals surface area contributed by atoms with Crippen LogP contribution in [0.1, 0.15) is 27.0 Å². The maximum absolute atomic E-state index is 12.7. The average Bonchev–Trinajstić information content (AvgIpc) is 2.89. The van der Waals surface area contributed by atoms with E-state index in [2.05, 4.69) is 11.6 Å². The number of aromatic nitrogens is 1. The second-order valence-corrected chi connectivity index (χ2v) is 7.45. The molecule has 25 heavy (non-hydrogen) atoms. The highest BCUT2D eigenvalue weighted by Crippen LogP contribution is 2.27. The van der Waals surface area contributed by atoms with Crippen LogP contribution in [0.15, 0.2) is 48.0 Å². The van der Waals surface area contributed by atoms with E-state index in [1.807, 2.05) is 55.7 Å². The number of hydrogen-bond donors (Lipinski definition) is 0. The second-order valence-electron chi connectivity index (χ2n) is 6.04. The fourth-order valence-electron chi connectivity index (χ4n) is 2.90. The van der Waals surface area contributed by atoms with Crippen molar-refractivity contribution < 1.29 is 4.79 Å². The Hall–Kier alpha value is -2.17. The molecular weight excluding hydrogens is 352 g/mol. The molecule has 1 heterocycles. The van der Waals surface area contributed by atoms with Gasteiger partial charge in [-0.3, -0.25) is 4.79 Å². The average molecular weight is 371 g/mol. The van der Waals surface area contributed by atoms with Crippen LogP contribution in [0.3, 0.4) is 0 Å². The highest BCUT2D eigenvalue weighted by Gasteiger charge is 2.13. The number of benzene rings is 2. The summed E-state index contributed by atoms with van der Waals surface area (Å²) in [6, 6.07) is 9.61. The van der Waals surface area contributed by atoms with Gasteiger partial charge in [-0.1, -0.05) is 46.7 Å². The van der Waals surface area contributed by atoms with Crippen molar-refractivity contribution in [1.82, 2.24) is 4.57 Å². The zero-order valence-electron chi connectivity index (χ0n) is 14.5. The Labute approximate surface area is 155 Å². The Balaban J connectivity index is 2.22. The normalized spacial score (nSPS) is 11.9. The van der Waals surface area contributed by atoms with Gasteiger partial charge < -0.3 is 4.57 Å². The SMILES string of the molecule is C=CCn1c(=NC(=O)c2ccc(C)cc2C)sc2ccc(Cl)c(C)c21. The first kappa shape index (κ1) is 17.6. The van der Waals surface area contributed by atoms with Gasteiger partial charge >= 0.3 is 0 Å². The van der Waals surface area contributed by atoms with E-state index in [-0.39, 0.29) is 5.91 Å². The van der Waals surface area contributed by atoms with Crippen molar-refractivity contribution in [2.45, 2.75) is 27.3 Å². The molecule has 5 heteroatoms. The number of allylic oxidation sites excluding steroid dienone is 1.